The van der Waals surface area contributed by atoms with E-state index in [-0.39, 0.29) is 6.04 Å². The molecule has 0 spiro atoms. The van der Waals surface area contributed by atoms with Crippen LogP contribution in [0.1, 0.15) is 12.8 Å². The summed E-state index contributed by atoms with van der Waals surface area (Å²) in [5, 5.41) is 12.3. The van der Waals surface area contributed by atoms with Gasteiger partial charge in [-0.2, -0.15) is 18.4 Å². The predicted octanol–water partition coefficient (Wildman–Crippen LogP) is 2.14. The standard InChI is InChI=1S/C8H7BrF3N3O/c9-5(3-13)6(8(10,11)12)15-7(16)14-4-1-2-4/h4H,1-2H2,(H2,14,15,16). The quantitative estimate of drug-likeness (QED) is 0.767. The lowest BCUT2D eigenvalue weighted by Gasteiger charge is -2.13. The predicted molar refractivity (Wildman–Crippen MR) is 52.3 cm³/mol. The Hall–Kier alpha value is -1.23. The molecule has 0 aromatic heterocycles. The van der Waals surface area contributed by atoms with Gasteiger partial charge < -0.3 is 10.6 Å². The molecule has 8 heteroatoms. The molecule has 0 bridgehead atoms. The van der Waals surface area contributed by atoms with Crippen LogP contribution in [0.2, 0.25) is 0 Å². The van der Waals surface area contributed by atoms with Crippen molar-refractivity contribution in [1.82, 2.24) is 10.6 Å². The molecule has 0 atom stereocenters. The Bertz CT molecular complexity index is 368. The zero-order valence-corrected chi connectivity index (χ0v) is 9.44. The highest BCUT2D eigenvalue weighted by Crippen LogP contribution is 2.28. The van der Waals surface area contributed by atoms with Gasteiger partial charge in [0, 0.05) is 6.04 Å². The normalized spacial score (nSPS) is 17.2. The Kier molecular flexibility index (Phi) is 3.80. The number of carbonyl (C=O) groups is 1. The zero-order valence-electron chi connectivity index (χ0n) is 7.86. The highest BCUT2D eigenvalue weighted by Gasteiger charge is 2.38. The first-order valence-electron chi connectivity index (χ1n) is 4.29. The van der Waals surface area contributed by atoms with E-state index >= 15 is 0 Å². The fraction of sp³-hybridized carbons (Fsp3) is 0.500. The van der Waals surface area contributed by atoms with Crippen LogP contribution in [-0.2, 0) is 0 Å². The first kappa shape index (κ1) is 12.8. The Morgan fingerprint density at radius 3 is 2.38 bits per heavy atom. The summed E-state index contributed by atoms with van der Waals surface area (Å²) >= 11 is 2.45. The van der Waals surface area contributed by atoms with Crippen molar-refractivity contribution in [3.63, 3.8) is 0 Å². The van der Waals surface area contributed by atoms with E-state index in [2.05, 4.69) is 21.2 Å². The Balaban J connectivity index is 2.71. The molecular weight excluding hydrogens is 291 g/mol. The number of alkyl halides is 3. The second kappa shape index (κ2) is 4.74. The molecule has 1 aliphatic carbocycles. The Morgan fingerprint density at radius 2 is 2.00 bits per heavy atom. The molecule has 0 heterocycles. The minimum absolute atomic E-state index is 0.0599. The van der Waals surface area contributed by atoms with E-state index in [0.29, 0.717) is 0 Å². The topological polar surface area (TPSA) is 64.9 Å². The van der Waals surface area contributed by atoms with E-state index in [0.717, 1.165) is 12.8 Å². The summed E-state index contributed by atoms with van der Waals surface area (Å²) in [4.78, 5) is 11.1. The molecule has 0 saturated heterocycles. The van der Waals surface area contributed by atoms with Gasteiger partial charge in [0.1, 0.15) is 16.2 Å². The van der Waals surface area contributed by atoms with Gasteiger partial charge in [-0.25, -0.2) is 4.79 Å². The molecule has 2 amide bonds. The summed E-state index contributed by atoms with van der Waals surface area (Å²) in [6.07, 6.45) is -3.26. The summed E-state index contributed by atoms with van der Waals surface area (Å²) in [6, 6.07) is 0.263. The van der Waals surface area contributed by atoms with Crippen LogP contribution in [-0.4, -0.2) is 18.2 Å². The number of urea groups is 1. The molecule has 16 heavy (non-hydrogen) atoms. The third-order valence-corrected chi connectivity index (χ3v) is 2.33. The maximum atomic E-state index is 12.4. The first-order chi connectivity index (χ1) is 7.34. The van der Waals surface area contributed by atoms with Crippen LogP contribution in [0.3, 0.4) is 0 Å². The lowest BCUT2D eigenvalue weighted by molar-refractivity contribution is -0.0955. The molecule has 1 saturated carbocycles. The van der Waals surface area contributed by atoms with Crippen molar-refractivity contribution in [3.05, 3.63) is 10.2 Å². The van der Waals surface area contributed by atoms with Gasteiger partial charge in [0.05, 0.1) is 0 Å². The van der Waals surface area contributed by atoms with Crippen molar-refractivity contribution in [2.24, 2.45) is 0 Å². The zero-order chi connectivity index (χ0) is 12.3. The first-order valence-corrected chi connectivity index (χ1v) is 5.08. The van der Waals surface area contributed by atoms with Gasteiger partial charge in [-0.05, 0) is 28.8 Å². The van der Waals surface area contributed by atoms with Crippen molar-refractivity contribution in [2.45, 2.75) is 25.1 Å². The van der Waals surface area contributed by atoms with E-state index in [4.69, 9.17) is 5.26 Å². The monoisotopic (exact) mass is 297 g/mol. The number of hydrogen-bond donors (Lipinski definition) is 2. The second-order valence-corrected chi connectivity index (χ2v) is 3.96. The molecule has 0 unspecified atom stereocenters. The van der Waals surface area contributed by atoms with Crippen LogP contribution in [0, 0.1) is 11.3 Å². The van der Waals surface area contributed by atoms with Crippen molar-refractivity contribution in [3.8, 4) is 6.07 Å². The van der Waals surface area contributed by atoms with Gasteiger partial charge in [0.15, 0.2) is 0 Å². The molecule has 1 aliphatic rings. The summed E-state index contributed by atoms with van der Waals surface area (Å²) < 4.78 is 36.4. The number of carbonyl (C=O) groups excluding carboxylic acids is 1. The molecule has 1 rings (SSSR count). The number of nitriles is 1. The summed E-state index contributed by atoms with van der Waals surface area (Å²) in [7, 11) is 0. The lowest BCUT2D eigenvalue weighted by Crippen LogP contribution is -2.40. The lowest BCUT2D eigenvalue weighted by atomic mass is 10.4. The maximum absolute atomic E-state index is 12.4. The average molecular weight is 298 g/mol. The Labute approximate surface area is 97.6 Å². The van der Waals surface area contributed by atoms with Crippen molar-refractivity contribution in [1.29, 1.82) is 5.26 Å². The number of halogens is 4. The molecule has 4 nitrogen and oxygen atoms in total. The van der Waals surface area contributed by atoms with Gasteiger partial charge >= 0.3 is 12.2 Å². The molecule has 0 aromatic carbocycles. The number of rotatable bonds is 2. The summed E-state index contributed by atoms with van der Waals surface area (Å²) in [5.41, 5.74) is -1.40. The molecular formula is C8H7BrF3N3O. The molecule has 2 N–H and O–H groups in total. The minimum Gasteiger partial charge on any atom is -0.335 e. The van der Waals surface area contributed by atoms with Crippen LogP contribution < -0.4 is 10.6 Å². The smallest absolute Gasteiger partial charge is 0.335 e. The molecule has 0 radical (unpaired) electrons. The highest BCUT2D eigenvalue weighted by atomic mass is 79.9. The Morgan fingerprint density at radius 1 is 1.44 bits per heavy atom. The van der Waals surface area contributed by atoms with Gasteiger partial charge in [-0.15, -0.1) is 0 Å². The van der Waals surface area contributed by atoms with E-state index < -0.39 is 22.4 Å². The SMILES string of the molecule is N#CC(Br)=C(NC(=O)NC1CC1)C(F)(F)F. The second-order valence-electron chi connectivity index (χ2n) is 3.17. The van der Waals surface area contributed by atoms with Crippen molar-refractivity contribution in [2.75, 3.05) is 0 Å². The number of nitrogens with one attached hydrogen (secondary N) is 2. The fourth-order valence-corrected chi connectivity index (χ4v) is 1.19. The summed E-state index contributed by atoms with van der Waals surface area (Å²) in [6.45, 7) is 0. The third kappa shape index (κ3) is 3.73. The summed E-state index contributed by atoms with van der Waals surface area (Å²) in [5.74, 6) is 0. The van der Waals surface area contributed by atoms with Crippen LogP contribution in [0.5, 0.6) is 0 Å². The van der Waals surface area contributed by atoms with E-state index in [1.54, 1.807) is 5.32 Å². The largest absolute Gasteiger partial charge is 0.433 e. The third-order valence-electron chi connectivity index (χ3n) is 1.75. The van der Waals surface area contributed by atoms with E-state index in [9.17, 15) is 18.0 Å². The van der Waals surface area contributed by atoms with Gasteiger partial charge in [0.2, 0.25) is 0 Å². The van der Waals surface area contributed by atoms with Crippen molar-refractivity contribution >= 4 is 22.0 Å². The number of amides is 2. The number of hydrogen-bond acceptors (Lipinski definition) is 2. The maximum Gasteiger partial charge on any atom is 0.433 e. The van der Waals surface area contributed by atoms with Crippen LogP contribution in [0.25, 0.3) is 0 Å². The van der Waals surface area contributed by atoms with Gasteiger partial charge in [-0.3, -0.25) is 0 Å². The van der Waals surface area contributed by atoms with Crippen molar-refractivity contribution < 1.29 is 18.0 Å². The highest BCUT2D eigenvalue weighted by molar-refractivity contribution is 9.12. The van der Waals surface area contributed by atoms with Gasteiger partial charge in [-0.1, -0.05) is 0 Å². The van der Waals surface area contributed by atoms with Gasteiger partial charge in [0.25, 0.3) is 0 Å². The van der Waals surface area contributed by atoms with E-state index in [1.807, 2.05) is 0 Å². The fourth-order valence-electron chi connectivity index (χ4n) is 0.869. The van der Waals surface area contributed by atoms with Crippen LogP contribution >= 0.6 is 15.9 Å². The molecule has 0 aromatic rings. The number of allylic oxidation sites excluding steroid dienone is 2. The molecule has 0 aliphatic heterocycles. The molecule has 1 fully saturated rings. The minimum atomic E-state index is -4.78. The molecule has 88 valence electrons. The van der Waals surface area contributed by atoms with Crippen LogP contribution in [0.4, 0.5) is 18.0 Å². The average Bonchev–Trinajstić information content (AvgIpc) is 2.95. The van der Waals surface area contributed by atoms with E-state index in [1.165, 1.54) is 6.07 Å². The number of nitrogens with zero attached hydrogens (tertiary/aromatic N) is 1. The van der Waals surface area contributed by atoms with Crippen LogP contribution in [0.15, 0.2) is 10.2 Å².